The minimum atomic E-state index is -0.190. The van der Waals surface area contributed by atoms with E-state index in [1.54, 1.807) is 12.1 Å². The molecule has 26 heavy (non-hydrogen) atoms. The Hall–Kier alpha value is -2.12. The molecule has 3 saturated heterocycles. The third kappa shape index (κ3) is 3.17. The van der Waals surface area contributed by atoms with E-state index in [0.717, 1.165) is 56.0 Å². The number of hydrogen-bond donors (Lipinski definition) is 1. The number of aromatic nitrogens is 1. The molecular weight excluding hydrogens is 334 g/mol. The molecule has 1 N–H and O–H groups in total. The highest BCUT2D eigenvalue weighted by molar-refractivity contribution is 5.92. The van der Waals surface area contributed by atoms with Gasteiger partial charge in [-0.3, -0.25) is 9.69 Å². The maximum absolute atomic E-state index is 12.9. The van der Waals surface area contributed by atoms with Crippen LogP contribution < -0.4 is 0 Å². The minimum Gasteiger partial charge on any atom is -0.453 e. The molecule has 2 aromatic heterocycles. The zero-order valence-corrected chi connectivity index (χ0v) is 15.3. The van der Waals surface area contributed by atoms with Gasteiger partial charge in [0.05, 0.1) is 5.69 Å². The van der Waals surface area contributed by atoms with Crippen LogP contribution in [0.2, 0.25) is 0 Å². The van der Waals surface area contributed by atoms with E-state index in [9.17, 15) is 4.79 Å². The van der Waals surface area contributed by atoms with E-state index >= 15 is 0 Å². The van der Waals surface area contributed by atoms with Gasteiger partial charge in [-0.05, 0) is 44.7 Å². The van der Waals surface area contributed by atoms with Gasteiger partial charge in [-0.1, -0.05) is 5.16 Å². The molecule has 0 aromatic carbocycles. The van der Waals surface area contributed by atoms with Crippen molar-refractivity contribution in [3.8, 4) is 0 Å². The summed E-state index contributed by atoms with van der Waals surface area (Å²) in [6.45, 7) is 7.13. The lowest BCUT2D eigenvalue weighted by molar-refractivity contribution is 0.0548. The molecule has 0 saturated carbocycles. The maximum Gasteiger partial charge on any atom is 0.289 e. The summed E-state index contributed by atoms with van der Waals surface area (Å²) in [5, 5.41) is 13.2. The first kappa shape index (κ1) is 17.3. The average Bonchev–Trinajstić information content (AvgIpc) is 3.12. The summed E-state index contributed by atoms with van der Waals surface area (Å²) in [6, 6.07) is 3.51. The lowest BCUT2D eigenvalue weighted by Gasteiger charge is -2.35. The first-order chi connectivity index (χ1) is 12.5. The molecule has 0 spiro atoms. The first-order valence-electron chi connectivity index (χ1n) is 9.19. The Labute approximate surface area is 152 Å². The van der Waals surface area contributed by atoms with E-state index in [4.69, 9.17) is 14.0 Å². The second kappa shape index (κ2) is 6.89. The summed E-state index contributed by atoms with van der Waals surface area (Å²) >= 11 is 0. The number of piperidine rings is 1. The summed E-state index contributed by atoms with van der Waals surface area (Å²) in [4.78, 5) is 17.3. The largest absolute Gasteiger partial charge is 0.453 e. The molecule has 0 radical (unpaired) electrons. The second-order valence-electron chi connectivity index (χ2n) is 7.48. The van der Waals surface area contributed by atoms with Gasteiger partial charge in [0.2, 0.25) is 0 Å². The Kier molecular flexibility index (Phi) is 4.58. The Bertz CT molecular complexity index is 777. The van der Waals surface area contributed by atoms with E-state index in [2.05, 4.69) is 10.1 Å². The summed E-state index contributed by atoms with van der Waals surface area (Å²) in [7, 11) is 0. The molecule has 2 aromatic rings. The Morgan fingerprint density at radius 2 is 2.12 bits per heavy atom. The highest BCUT2D eigenvalue weighted by Gasteiger charge is 2.38. The highest BCUT2D eigenvalue weighted by Crippen LogP contribution is 2.31. The van der Waals surface area contributed by atoms with E-state index in [1.807, 2.05) is 18.7 Å². The molecule has 3 fully saturated rings. The van der Waals surface area contributed by atoms with Crippen molar-refractivity contribution < 1.29 is 18.8 Å². The Morgan fingerprint density at radius 1 is 1.27 bits per heavy atom. The number of aryl methyl sites for hydroxylation is 2. The van der Waals surface area contributed by atoms with Crippen LogP contribution >= 0.6 is 0 Å². The van der Waals surface area contributed by atoms with Crippen molar-refractivity contribution in [2.75, 3.05) is 19.6 Å². The van der Waals surface area contributed by atoms with E-state index in [1.165, 1.54) is 0 Å². The fourth-order valence-corrected chi connectivity index (χ4v) is 4.23. The van der Waals surface area contributed by atoms with E-state index in [0.29, 0.717) is 17.4 Å². The lowest BCUT2D eigenvalue weighted by atomic mass is 9.95. The monoisotopic (exact) mass is 359 g/mol. The molecule has 0 aliphatic carbocycles. The lowest BCUT2D eigenvalue weighted by Crippen LogP contribution is -2.47. The van der Waals surface area contributed by atoms with Gasteiger partial charge in [-0.15, -0.1) is 0 Å². The zero-order chi connectivity index (χ0) is 18.3. The molecule has 0 unspecified atom stereocenters. The van der Waals surface area contributed by atoms with Crippen molar-refractivity contribution in [2.45, 2.75) is 45.9 Å². The SMILES string of the molecule is Cc1noc(C)c1CN1C[C@@H]2CC[C@H](C1)N(C(=O)c1ccc(CO)o1)C2. The topological polar surface area (TPSA) is 83.0 Å². The van der Waals surface area contributed by atoms with Crippen molar-refractivity contribution in [2.24, 2.45) is 5.92 Å². The van der Waals surface area contributed by atoms with Crippen LogP contribution in [0.5, 0.6) is 0 Å². The quantitative estimate of drug-likeness (QED) is 0.900. The van der Waals surface area contributed by atoms with Crippen molar-refractivity contribution in [3.63, 3.8) is 0 Å². The van der Waals surface area contributed by atoms with Crippen molar-refractivity contribution >= 4 is 5.91 Å². The van der Waals surface area contributed by atoms with Crippen LogP contribution in [0.4, 0.5) is 0 Å². The Balaban J connectivity index is 1.50. The van der Waals surface area contributed by atoms with Gasteiger partial charge in [-0.25, -0.2) is 0 Å². The third-order valence-corrected chi connectivity index (χ3v) is 5.64. The number of amides is 1. The Morgan fingerprint density at radius 3 is 2.81 bits per heavy atom. The van der Waals surface area contributed by atoms with Crippen molar-refractivity contribution in [1.82, 2.24) is 15.0 Å². The van der Waals surface area contributed by atoms with Gasteiger partial charge in [0, 0.05) is 37.8 Å². The molecule has 1 amide bonds. The predicted molar refractivity (Wildman–Crippen MR) is 93.4 cm³/mol. The van der Waals surface area contributed by atoms with Gasteiger partial charge in [0.25, 0.3) is 5.91 Å². The summed E-state index contributed by atoms with van der Waals surface area (Å²) < 4.78 is 10.8. The van der Waals surface area contributed by atoms with Crippen LogP contribution in [0, 0.1) is 19.8 Å². The van der Waals surface area contributed by atoms with E-state index < -0.39 is 0 Å². The number of rotatable bonds is 4. The number of aliphatic hydroxyl groups excluding tert-OH is 1. The van der Waals surface area contributed by atoms with Gasteiger partial charge in [-0.2, -0.15) is 0 Å². The van der Waals surface area contributed by atoms with Gasteiger partial charge in [0.15, 0.2) is 5.76 Å². The van der Waals surface area contributed by atoms with Crippen LogP contribution in [0.15, 0.2) is 21.1 Å². The number of carbonyl (C=O) groups excluding carboxylic acids is 1. The van der Waals surface area contributed by atoms with Gasteiger partial charge in [0.1, 0.15) is 18.1 Å². The summed E-state index contributed by atoms with van der Waals surface area (Å²) in [5.74, 6) is 2.01. The molecule has 5 heterocycles. The minimum absolute atomic E-state index is 0.0708. The van der Waals surface area contributed by atoms with Crippen molar-refractivity contribution in [3.05, 3.63) is 40.7 Å². The number of furan rings is 1. The molecule has 5 rings (SSSR count). The molecule has 140 valence electrons. The molecule has 2 bridgehead atoms. The number of fused-ring (bicyclic) bond motifs is 4. The summed E-state index contributed by atoms with van der Waals surface area (Å²) in [5.41, 5.74) is 2.10. The first-order valence-corrected chi connectivity index (χ1v) is 9.19. The highest BCUT2D eigenvalue weighted by atomic mass is 16.5. The molecule has 3 aliphatic rings. The van der Waals surface area contributed by atoms with Gasteiger partial charge >= 0.3 is 0 Å². The van der Waals surface area contributed by atoms with Gasteiger partial charge < -0.3 is 18.9 Å². The van der Waals surface area contributed by atoms with Crippen LogP contribution in [0.1, 0.15) is 46.2 Å². The maximum atomic E-state index is 12.9. The molecule has 7 heteroatoms. The molecule has 2 atom stereocenters. The molecule has 7 nitrogen and oxygen atoms in total. The fraction of sp³-hybridized carbons (Fsp3) is 0.579. The fourth-order valence-electron chi connectivity index (χ4n) is 4.23. The smallest absolute Gasteiger partial charge is 0.289 e. The average molecular weight is 359 g/mol. The van der Waals surface area contributed by atoms with Crippen LogP contribution in [-0.2, 0) is 13.2 Å². The second-order valence-corrected chi connectivity index (χ2v) is 7.48. The molecule has 3 aliphatic heterocycles. The zero-order valence-electron chi connectivity index (χ0n) is 15.3. The number of nitrogens with zero attached hydrogens (tertiary/aromatic N) is 3. The number of hydrogen-bond acceptors (Lipinski definition) is 6. The third-order valence-electron chi connectivity index (χ3n) is 5.64. The van der Waals surface area contributed by atoms with Crippen LogP contribution in [0.3, 0.4) is 0 Å². The molecular formula is C19H25N3O4. The number of carbonyl (C=O) groups is 1. The van der Waals surface area contributed by atoms with Crippen molar-refractivity contribution in [1.29, 1.82) is 0 Å². The summed E-state index contributed by atoms with van der Waals surface area (Å²) in [6.07, 6.45) is 2.16. The van der Waals surface area contributed by atoms with Crippen LogP contribution in [0.25, 0.3) is 0 Å². The van der Waals surface area contributed by atoms with E-state index in [-0.39, 0.29) is 18.6 Å². The normalized spacial score (nSPS) is 23.4. The van der Waals surface area contributed by atoms with Crippen LogP contribution in [-0.4, -0.2) is 51.6 Å². The number of aliphatic hydroxyl groups is 1. The standard InChI is InChI=1S/C19H25N3O4/c1-12-17(13(2)26-20-12)10-21-7-14-3-4-15(9-21)22(8-14)19(24)18-6-5-16(11-23)25-18/h5-6,14-15,23H,3-4,7-11H2,1-2H3/t14-,15+/m0/s1. The predicted octanol–water partition coefficient (Wildman–Crippen LogP) is 2.11.